The second-order valence-electron chi connectivity index (χ2n) is 5.77. The zero-order valence-electron chi connectivity index (χ0n) is 10.0. The van der Waals surface area contributed by atoms with E-state index < -0.39 is 5.97 Å². The summed E-state index contributed by atoms with van der Waals surface area (Å²) in [5.74, 6) is -0.745. The number of carboxylic acid groups (broad SMARTS) is 1. The van der Waals surface area contributed by atoms with Crippen LogP contribution in [0.5, 0.6) is 0 Å². The Kier molecular flexibility index (Phi) is 3.77. The highest BCUT2D eigenvalue weighted by Crippen LogP contribution is 2.39. The van der Waals surface area contributed by atoms with Crippen LogP contribution in [-0.4, -0.2) is 23.3 Å². The van der Waals surface area contributed by atoms with Crippen LogP contribution in [-0.2, 0) is 9.53 Å². The first kappa shape index (κ1) is 12.5. The summed E-state index contributed by atoms with van der Waals surface area (Å²) in [6.07, 6.45) is 4.06. The van der Waals surface area contributed by atoms with Gasteiger partial charge in [-0.3, -0.25) is 4.79 Å². The highest BCUT2D eigenvalue weighted by atomic mass is 16.5. The van der Waals surface area contributed by atoms with E-state index in [4.69, 9.17) is 9.84 Å². The smallest absolute Gasteiger partial charge is 0.306 e. The maximum atomic E-state index is 10.7. The number of hydrogen-bond acceptors (Lipinski definition) is 2. The van der Waals surface area contributed by atoms with Gasteiger partial charge in [-0.1, -0.05) is 20.8 Å². The molecule has 1 saturated carbocycles. The van der Waals surface area contributed by atoms with Crippen LogP contribution >= 0.6 is 0 Å². The second-order valence-corrected chi connectivity index (χ2v) is 5.77. The van der Waals surface area contributed by atoms with Gasteiger partial charge in [0, 0.05) is 6.61 Å². The van der Waals surface area contributed by atoms with Crippen LogP contribution in [0.2, 0.25) is 0 Å². The molecule has 3 heteroatoms. The third-order valence-corrected chi connectivity index (χ3v) is 3.00. The van der Waals surface area contributed by atoms with Crippen LogP contribution in [0.1, 0.15) is 52.9 Å². The van der Waals surface area contributed by atoms with Crippen LogP contribution in [0, 0.1) is 5.41 Å². The molecule has 0 radical (unpaired) electrons. The topological polar surface area (TPSA) is 46.5 Å². The van der Waals surface area contributed by atoms with E-state index in [1.54, 1.807) is 0 Å². The Balaban J connectivity index is 2.31. The van der Waals surface area contributed by atoms with Crippen molar-refractivity contribution in [2.75, 3.05) is 6.61 Å². The largest absolute Gasteiger partial charge is 0.481 e. The average Bonchev–Trinajstić information content (AvgIpc) is 1.96. The molecule has 0 unspecified atom stereocenters. The van der Waals surface area contributed by atoms with Crippen molar-refractivity contribution in [1.82, 2.24) is 0 Å². The summed E-state index contributed by atoms with van der Waals surface area (Å²) >= 11 is 0. The lowest BCUT2D eigenvalue weighted by molar-refractivity contribution is -0.155. The van der Waals surface area contributed by atoms with Crippen molar-refractivity contribution in [2.45, 2.75) is 58.5 Å². The van der Waals surface area contributed by atoms with Crippen LogP contribution in [0.15, 0.2) is 0 Å². The maximum Gasteiger partial charge on any atom is 0.306 e. The lowest BCUT2D eigenvalue weighted by Crippen LogP contribution is -2.42. The first-order chi connectivity index (χ1) is 6.83. The molecule has 3 nitrogen and oxygen atoms in total. The molecule has 0 saturated heterocycles. The molecule has 1 aliphatic rings. The molecule has 0 heterocycles. The molecule has 88 valence electrons. The number of hydrogen-bond donors (Lipinski definition) is 1. The van der Waals surface area contributed by atoms with E-state index in [2.05, 4.69) is 20.8 Å². The molecule has 0 atom stereocenters. The van der Waals surface area contributed by atoms with E-state index in [1.165, 1.54) is 0 Å². The van der Waals surface area contributed by atoms with Crippen LogP contribution < -0.4 is 0 Å². The number of carbonyl (C=O) groups is 1. The summed E-state index contributed by atoms with van der Waals surface area (Å²) in [6.45, 7) is 7.18. The molecular weight excluding hydrogens is 192 g/mol. The molecule has 0 spiro atoms. The molecule has 1 fully saturated rings. The van der Waals surface area contributed by atoms with E-state index in [1.807, 2.05) is 0 Å². The van der Waals surface area contributed by atoms with E-state index in [0.717, 1.165) is 25.7 Å². The fourth-order valence-corrected chi connectivity index (χ4v) is 1.79. The summed E-state index contributed by atoms with van der Waals surface area (Å²) in [5.41, 5.74) is -0.0781. The molecule has 0 aliphatic heterocycles. The predicted octanol–water partition coefficient (Wildman–Crippen LogP) is 2.84. The number of carboxylic acids is 1. The van der Waals surface area contributed by atoms with Gasteiger partial charge < -0.3 is 9.84 Å². The Labute approximate surface area is 91.8 Å². The molecule has 0 aromatic heterocycles. The Hall–Kier alpha value is -0.570. The van der Waals surface area contributed by atoms with Crippen molar-refractivity contribution in [3.63, 3.8) is 0 Å². The van der Waals surface area contributed by atoms with Gasteiger partial charge in [0.2, 0.25) is 0 Å². The molecule has 0 aromatic carbocycles. The van der Waals surface area contributed by atoms with Crippen molar-refractivity contribution < 1.29 is 14.6 Å². The van der Waals surface area contributed by atoms with E-state index in [-0.39, 0.29) is 17.4 Å². The van der Waals surface area contributed by atoms with Gasteiger partial charge in [0.25, 0.3) is 0 Å². The van der Waals surface area contributed by atoms with Crippen molar-refractivity contribution >= 4 is 5.97 Å². The van der Waals surface area contributed by atoms with Crippen molar-refractivity contribution in [3.05, 3.63) is 0 Å². The first-order valence-corrected chi connectivity index (χ1v) is 5.69. The molecule has 1 aliphatic carbocycles. The minimum Gasteiger partial charge on any atom is -0.481 e. The fourth-order valence-electron chi connectivity index (χ4n) is 1.79. The van der Waals surface area contributed by atoms with Gasteiger partial charge in [0.05, 0.1) is 12.0 Å². The molecule has 0 amide bonds. The zero-order valence-corrected chi connectivity index (χ0v) is 10.0. The van der Waals surface area contributed by atoms with Gasteiger partial charge in [0.1, 0.15) is 0 Å². The highest BCUT2D eigenvalue weighted by Gasteiger charge is 2.40. The lowest BCUT2D eigenvalue weighted by atomic mass is 9.77. The molecule has 1 N–H and O–H groups in total. The quantitative estimate of drug-likeness (QED) is 0.765. The van der Waals surface area contributed by atoms with Crippen molar-refractivity contribution in [1.29, 1.82) is 0 Å². The highest BCUT2D eigenvalue weighted by molar-refractivity contribution is 5.68. The normalized spacial score (nSPS) is 19.7. The van der Waals surface area contributed by atoms with E-state index in [0.29, 0.717) is 6.61 Å². The Morgan fingerprint density at radius 2 is 2.00 bits per heavy atom. The van der Waals surface area contributed by atoms with Crippen molar-refractivity contribution in [3.8, 4) is 0 Å². The molecular formula is C12H22O3. The van der Waals surface area contributed by atoms with Crippen LogP contribution in [0.3, 0.4) is 0 Å². The fraction of sp³-hybridized carbons (Fsp3) is 0.917. The zero-order chi connectivity index (χ0) is 11.5. The molecule has 0 aromatic rings. The van der Waals surface area contributed by atoms with E-state index >= 15 is 0 Å². The van der Waals surface area contributed by atoms with Gasteiger partial charge in [-0.05, 0) is 31.1 Å². The van der Waals surface area contributed by atoms with E-state index in [9.17, 15) is 4.79 Å². The average molecular weight is 214 g/mol. The summed E-state index contributed by atoms with van der Waals surface area (Å²) in [4.78, 5) is 10.7. The predicted molar refractivity (Wildman–Crippen MR) is 58.9 cm³/mol. The third-order valence-electron chi connectivity index (χ3n) is 3.00. The maximum absolute atomic E-state index is 10.7. The minimum absolute atomic E-state index is 0.164. The van der Waals surface area contributed by atoms with Crippen LogP contribution in [0.25, 0.3) is 0 Å². The molecule has 0 bridgehead atoms. The summed E-state index contributed by atoms with van der Waals surface area (Å²) in [6, 6.07) is 0. The first-order valence-electron chi connectivity index (χ1n) is 5.69. The lowest BCUT2D eigenvalue weighted by Gasteiger charge is -2.41. The summed E-state index contributed by atoms with van der Waals surface area (Å²) in [5, 5.41) is 8.79. The molecule has 1 rings (SSSR count). The number of ether oxygens (including phenoxy) is 1. The number of aliphatic carboxylic acids is 1. The summed E-state index contributed by atoms with van der Waals surface area (Å²) < 4.78 is 5.77. The monoisotopic (exact) mass is 214 g/mol. The van der Waals surface area contributed by atoms with Gasteiger partial charge in [-0.25, -0.2) is 0 Å². The molecule has 15 heavy (non-hydrogen) atoms. The summed E-state index contributed by atoms with van der Waals surface area (Å²) in [7, 11) is 0. The van der Waals surface area contributed by atoms with Gasteiger partial charge in [-0.2, -0.15) is 0 Å². The standard InChI is InChI=1S/C12H22O3/c1-11(2,3)7-8-15-12(5-4-6-12)9-10(13)14/h4-9H2,1-3H3,(H,13,14). The van der Waals surface area contributed by atoms with Gasteiger partial charge in [0.15, 0.2) is 0 Å². The minimum atomic E-state index is -0.745. The van der Waals surface area contributed by atoms with Crippen molar-refractivity contribution in [2.24, 2.45) is 5.41 Å². The second kappa shape index (κ2) is 4.52. The Morgan fingerprint density at radius 3 is 2.33 bits per heavy atom. The Bertz CT molecular complexity index is 224. The third kappa shape index (κ3) is 4.20. The Morgan fingerprint density at radius 1 is 1.40 bits per heavy atom. The van der Waals surface area contributed by atoms with Crippen LogP contribution in [0.4, 0.5) is 0 Å². The number of rotatable bonds is 5. The SMILES string of the molecule is CC(C)(C)CCOC1(CC(=O)O)CCC1. The van der Waals surface area contributed by atoms with Gasteiger partial charge >= 0.3 is 5.97 Å². The van der Waals surface area contributed by atoms with Gasteiger partial charge in [-0.15, -0.1) is 0 Å².